The first-order valence-electron chi connectivity index (χ1n) is 12.9. The fourth-order valence-corrected chi connectivity index (χ4v) is 3.87. The van der Waals surface area contributed by atoms with Crippen LogP contribution in [0.1, 0.15) is 109 Å². The molecule has 0 amide bonds. The van der Waals surface area contributed by atoms with Crippen molar-refractivity contribution in [3.8, 4) is 17.1 Å². The molecule has 0 radical (unpaired) electrons. The Morgan fingerprint density at radius 3 is 1.71 bits per heavy atom. The summed E-state index contributed by atoms with van der Waals surface area (Å²) in [7, 11) is 0. The number of benzene rings is 1. The van der Waals surface area contributed by atoms with E-state index in [1.54, 1.807) is 0 Å². The highest BCUT2D eigenvalue weighted by atomic mass is 16.5. The fraction of sp³-hybridized carbons (Fsp3) is 0.643. The van der Waals surface area contributed by atoms with E-state index in [0.29, 0.717) is 0 Å². The van der Waals surface area contributed by atoms with Gasteiger partial charge in [-0.15, -0.1) is 0 Å². The van der Waals surface area contributed by atoms with E-state index >= 15 is 0 Å². The van der Waals surface area contributed by atoms with E-state index < -0.39 is 0 Å². The Hall–Kier alpha value is -1.90. The average Bonchev–Trinajstić information content (AvgIpc) is 2.81. The third-order valence-corrected chi connectivity index (χ3v) is 5.90. The maximum atomic E-state index is 5.91. The minimum Gasteiger partial charge on any atom is -0.494 e. The third-order valence-electron chi connectivity index (χ3n) is 5.90. The molecule has 0 aliphatic carbocycles. The molecule has 0 atom stereocenters. The molecule has 2 aromatic rings. The van der Waals surface area contributed by atoms with Crippen LogP contribution in [0.2, 0.25) is 0 Å². The number of hydrogen-bond acceptors (Lipinski definition) is 3. The molecule has 0 saturated carbocycles. The van der Waals surface area contributed by atoms with Gasteiger partial charge in [0, 0.05) is 18.0 Å². The van der Waals surface area contributed by atoms with Crippen LogP contribution >= 0.6 is 0 Å². The largest absolute Gasteiger partial charge is 0.494 e. The number of rotatable bonds is 18. The second-order valence-corrected chi connectivity index (χ2v) is 8.78. The van der Waals surface area contributed by atoms with Gasteiger partial charge in [0.1, 0.15) is 5.75 Å². The number of hydrogen-bond donors (Lipinski definition) is 0. The molecule has 31 heavy (non-hydrogen) atoms. The molecule has 0 aliphatic heterocycles. The maximum Gasteiger partial charge on any atom is 0.159 e. The monoisotopic (exact) mass is 424 g/mol. The average molecular weight is 425 g/mol. The number of nitrogens with zero attached hydrogens (tertiary/aromatic N) is 2. The van der Waals surface area contributed by atoms with Crippen molar-refractivity contribution >= 4 is 0 Å². The molecule has 2 rings (SSSR count). The molecule has 0 fully saturated rings. The minimum atomic E-state index is 0.790. The smallest absolute Gasteiger partial charge is 0.159 e. The van der Waals surface area contributed by atoms with Crippen LogP contribution in [0.4, 0.5) is 0 Å². The molecular weight excluding hydrogens is 380 g/mol. The number of ether oxygens (including phenoxy) is 1. The Bertz CT molecular complexity index is 666. The molecule has 1 aromatic carbocycles. The van der Waals surface area contributed by atoms with Crippen LogP contribution in [0, 0.1) is 0 Å². The van der Waals surface area contributed by atoms with Gasteiger partial charge in [-0.2, -0.15) is 0 Å². The zero-order valence-electron chi connectivity index (χ0n) is 20.1. The van der Waals surface area contributed by atoms with Gasteiger partial charge in [0.15, 0.2) is 5.82 Å². The Balaban J connectivity index is 1.58. The van der Waals surface area contributed by atoms with Crippen molar-refractivity contribution in [1.29, 1.82) is 0 Å². The van der Waals surface area contributed by atoms with E-state index in [0.717, 1.165) is 36.6 Å². The van der Waals surface area contributed by atoms with E-state index in [1.165, 1.54) is 89.0 Å². The summed E-state index contributed by atoms with van der Waals surface area (Å²) < 4.78 is 5.91. The van der Waals surface area contributed by atoms with Gasteiger partial charge in [-0.05, 0) is 49.1 Å². The molecule has 0 aliphatic rings. The van der Waals surface area contributed by atoms with Crippen LogP contribution in [0.15, 0.2) is 36.7 Å². The highest BCUT2D eigenvalue weighted by molar-refractivity contribution is 5.55. The molecule has 1 aromatic heterocycles. The number of aryl methyl sites for hydroxylation is 1. The van der Waals surface area contributed by atoms with Crippen LogP contribution < -0.4 is 4.74 Å². The summed E-state index contributed by atoms with van der Waals surface area (Å²) in [6.07, 6.45) is 23.6. The predicted molar refractivity (Wildman–Crippen MR) is 133 cm³/mol. The van der Waals surface area contributed by atoms with Crippen LogP contribution in [0.25, 0.3) is 11.4 Å². The lowest BCUT2D eigenvalue weighted by atomic mass is 10.1. The molecule has 3 nitrogen and oxygen atoms in total. The number of aromatic nitrogens is 2. The van der Waals surface area contributed by atoms with Crippen molar-refractivity contribution in [2.45, 2.75) is 110 Å². The van der Waals surface area contributed by atoms with Crippen molar-refractivity contribution in [2.75, 3.05) is 6.61 Å². The van der Waals surface area contributed by atoms with Gasteiger partial charge in [-0.1, -0.05) is 90.9 Å². The summed E-state index contributed by atoms with van der Waals surface area (Å²) in [5.74, 6) is 1.73. The summed E-state index contributed by atoms with van der Waals surface area (Å²) in [5.41, 5.74) is 2.28. The van der Waals surface area contributed by atoms with E-state index in [1.807, 2.05) is 24.5 Å². The quantitative estimate of drug-likeness (QED) is 0.225. The molecule has 0 unspecified atom stereocenters. The molecule has 0 spiro atoms. The van der Waals surface area contributed by atoms with Crippen molar-refractivity contribution < 1.29 is 4.74 Å². The van der Waals surface area contributed by atoms with Crippen LogP contribution in [-0.2, 0) is 6.42 Å². The normalized spacial score (nSPS) is 11.0. The van der Waals surface area contributed by atoms with Gasteiger partial charge >= 0.3 is 0 Å². The molecule has 3 heteroatoms. The molecular formula is C28H44N2O. The predicted octanol–water partition coefficient (Wildman–Crippen LogP) is 8.57. The van der Waals surface area contributed by atoms with Gasteiger partial charge in [0.2, 0.25) is 0 Å². The summed E-state index contributed by atoms with van der Waals surface area (Å²) >= 11 is 0. The third kappa shape index (κ3) is 11.3. The standard InChI is InChI=1S/C28H44N2O/c1-3-5-7-9-10-11-12-13-14-16-22-31-27-20-18-26(19-21-27)28-29-23-25(24-30-28)17-15-8-6-4-2/h18-21,23-24H,3-17,22H2,1-2H3. The summed E-state index contributed by atoms with van der Waals surface area (Å²) in [4.78, 5) is 9.11. The lowest BCUT2D eigenvalue weighted by molar-refractivity contribution is 0.304. The second kappa shape index (κ2) is 16.8. The van der Waals surface area contributed by atoms with Crippen LogP contribution in [-0.4, -0.2) is 16.6 Å². The lowest BCUT2D eigenvalue weighted by Crippen LogP contribution is -1.97. The van der Waals surface area contributed by atoms with E-state index in [-0.39, 0.29) is 0 Å². The van der Waals surface area contributed by atoms with Gasteiger partial charge in [0.25, 0.3) is 0 Å². The first kappa shape index (κ1) is 25.4. The maximum absolute atomic E-state index is 5.91. The molecule has 0 saturated heterocycles. The Labute approximate surface area is 191 Å². The Kier molecular flexibility index (Phi) is 13.7. The highest BCUT2D eigenvalue weighted by Crippen LogP contribution is 2.20. The van der Waals surface area contributed by atoms with Crippen LogP contribution in [0.5, 0.6) is 5.75 Å². The zero-order chi connectivity index (χ0) is 22.0. The molecule has 0 bridgehead atoms. The second-order valence-electron chi connectivity index (χ2n) is 8.78. The summed E-state index contributed by atoms with van der Waals surface area (Å²) in [6.45, 7) is 5.32. The van der Waals surface area contributed by atoms with E-state index in [9.17, 15) is 0 Å². The van der Waals surface area contributed by atoms with Crippen molar-refractivity contribution in [3.05, 3.63) is 42.2 Å². The lowest BCUT2D eigenvalue weighted by Gasteiger charge is -2.07. The molecule has 0 N–H and O–H groups in total. The minimum absolute atomic E-state index is 0.790. The van der Waals surface area contributed by atoms with Crippen molar-refractivity contribution in [3.63, 3.8) is 0 Å². The highest BCUT2D eigenvalue weighted by Gasteiger charge is 2.03. The Morgan fingerprint density at radius 1 is 0.613 bits per heavy atom. The van der Waals surface area contributed by atoms with Gasteiger partial charge in [-0.3, -0.25) is 0 Å². The first-order chi connectivity index (χ1) is 15.3. The first-order valence-corrected chi connectivity index (χ1v) is 12.9. The Morgan fingerprint density at radius 2 is 1.13 bits per heavy atom. The molecule has 1 heterocycles. The zero-order valence-corrected chi connectivity index (χ0v) is 20.1. The van der Waals surface area contributed by atoms with Gasteiger partial charge < -0.3 is 4.74 Å². The van der Waals surface area contributed by atoms with E-state index in [4.69, 9.17) is 4.74 Å². The SMILES string of the molecule is CCCCCCCCCCCCOc1ccc(-c2ncc(CCCCCC)cn2)cc1. The van der Waals surface area contributed by atoms with Crippen molar-refractivity contribution in [1.82, 2.24) is 9.97 Å². The van der Waals surface area contributed by atoms with Crippen molar-refractivity contribution in [2.24, 2.45) is 0 Å². The fourth-order valence-electron chi connectivity index (χ4n) is 3.87. The topological polar surface area (TPSA) is 35.0 Å². The van der Waals surface area contributed by atoms with E-state index in [2.05, 4.69) is 35.9 Å². The molecule has 172 valence electrons. The van der Waals surface area contributed by atoms with Gasteiger partial charge in [-0.25, -0.2) is 9.97 Å². The summed E-state index contributed by atoms with van der Waals surface area (Å²) in [6, 6.07) is 8.19. The number of unbranched alkanes of at least 4 members (excludes halogenated alkanes) is 12. The van der Waals surface area contributed by atoms with Crippen LogP contribution in [0.3, 0.4) is 0 Å². The van der Waals surface area contributed by atoms with Gasteiger partial charge in [0.05, 0.1) is 6.61 Å². The summed E-state index contributed by atoms with van der Waals surface area (Å²) in [5, 5.41) is 0.